The third kappa shape index (κ3) is 3.37. The van der Waals surface area contributed by atoms with Crippen LogP contribution in [0.4, 0.5) is 0 Å². The van der Waals surface area contributed by atoms with Crippen molar-refractivity contribution in [1.82, 2.24) is 15.2 Å². The molecule has 2 aromatic rings. The maximum absolute atomic E-state index is 12.9. The lowest BCUT2D eigenvalue weighted by molar-refractivity contribution is -0.150. The third-order valence-corrected chi connectivity index (χ3v) is 6.21. The molecule has 2 amide bonds. The number of amides is 2. The number of nitrogens with one attached hydrogen (secondary N) is 1. The number of carbonyl (C=O) groups is 2. The highest BCUT2D eigenvalue weighted by molar-refractivity contribution is 7.09. The van der Waals surface area contributed by atoms with E-state index in [1.165, 1.54) is 11.3 Å². The predicted octanol–water partition coefficient (Wildman–Crippen LogP) is 2.35. The first-order chi connectivity index (χ1) is 13.1. The lowest BCUT2D eigenvalue weighted by Gasteiger charge is -2.50. The smallest absolute Gasteiger partial charge is 0.273 e. The molecule has 2 aliphatic heterocycles. The molecule has 3 heterocycles. The van der Waals surface area contributed by atoms with Crippen molar-refractivity contribution in [3.05, 3.63) is 52.0 Å². The SMILES string of the molecule is CCCc1nc(C(=O)N2CC[C@@]3(c4ccccc4)NC(=O)CO[C@@H]3C2)cs1. The second-order valence-corrected chi connectivity index (χ2v) is 8.01. The molecule has 27 heavy (non-hydrogen) atoms. The van der Waals surface area contributed by atoms with E-state index in [2.05, 4.69) is 17.2 Å². The van der Waals surface area contributed by atoms with Crippen LogP contribution in [-0.4, -0.2) is 47.5 Å². The van der Waals surface area contributed by atoms with E-state index in [-0.39, 0.29) is 24.5 Å². The van der Waals surface area contributed by atoms with Gasteiger partial charge in [0, 0.05) is 18.5 Å². The van der Waals surface area contributed by atoms with Crippen LogP contribution in [0.1, 0.15) is 40.8 Å². The van der Waals surface area contributed by atoms with Gasteiger partial charge in [0.1, 0.15) is 18.4 Å². The summed E-state index contributed by atoms with van der Waals surface area (Å²) < 4.78 is 5.89. The molecule has 4 rings (SSSR count). The van der Waals surface area contributed by atoms with Crippen molar-refractivity contribution in [3.8, 4) is 0 Å². The normalized spacial score (nSPS) is 25.0. The molecule has 6 nitrogen and oxygen atoms in total. The number of ether oxygens (including phenoxy) is 1. The topological polar surface area (TPSA) is 71.5 Å². The number of morpholine rings is 1. The Morgan fingerprint density at radius 3 is 3.00 bits per heavy atom. The van der Waals surface area contributed by atoms with E-state index in [9.17, 15) is 9.59 Å². The Balaban J connectivity index is 1.56. The maximum atomic E-state index is 12.9. The van der Waals surface area contributed by atoms with Gasteiger partial charge >= 0.3 is 0 Å². The Morgan fingerprint density at radius 1 is 1.41 bits per heavy atom. The highest BCUT2D eigenvalue weighted by Crippen LogP contribution is 2.37. The summed E-state index contributed by atoms with van der Waals surface area (Å²) in [6, 6.07) is 9.90. The number of aromatic nitrogens is 1. The molecule has 1 aromatic heterocycles. The number of benzene rings is 1. The average molecular weight is 385 g/mol. The van der Waals surface area contributed by atoms with Crippen molar-refractivity contribution in [2.45, 2.75) is 37.8 Å². The van der Waals surface area contributed by atoms with Crippen LogP contribution in [0.25, 0.3) is 0 Å². The quantitative estimate of drug-likeness (QED) is 0.877. The largest absolute Gasteiger partial charge is 0.364 e. The first kappa shape index (κ1) is 18.1. The number of aryl methyl sites for hydroxylation is 1. The van der Waals surface area contributed by atoms with Crippen LogP contribution in [0, 0.1) is 0 Å². The Hall–Kier alpha value is -2.25. The van der Waals surface area contributed by atoms with Crippen LogP contribution in [0.5, 0.6) is 0 Å². The maximum Gasteiger partial charge on any atom is 0.273 e. The van der Waals surface area contributed by atoms with Gasteiger partial charge < -0.3 is 15.0 Å². The zero-order valence-corrected chi connectivity index (χ0v) is 16.1. The van der Waals surface area contributed by atoms with Gasteiger partial charge in [-0.1, -0.05) is 37.3 Å². The van der Waals surface area contributed by atoms with Gasteiger partial charge in [-0.2, -0.15) is 0 Å². The summed E-state index contributed by atoms with van der Waals surface area (Å²) >= 11 is 1.54. The van der Waals surface area contributed by atoms with Gasteiger partial charge in [-0.05, 0) is 24.8 Å². The van der Waals surface area contributed by atoms with Crippen molar-refractivity contribution in [1.29, 1.82) is 0 Å². The third-order valence-electron chi connectivity index (χ3n) is 5.30. The van der Waals surface area contributed by atoms with Crippen molar-refractivity contribution in [2.24, 2.45) is 0 Å². The Bertz CT molecular complexity index is 838. The summed E-state index contributed by atoms with van der Waals surface area (Å²) in [5.74, 6) is -0.172. The Kier molecular flexibility index (Phi) is 4.97. The molecule has 0 unspecified atom stereocenters. The van der Waals surface area contributed by atoms with E-state index in [1.807, 2.05) is 35.7 Å². The highest BCUT2D eigenvalue weighted by atomic mass is 32.1. The second-order valence-electron chi connectivity index (χ2n) is 7.06. The summed E-state index contributed by atoms with van der Waals surface area (Å²) in [7, 11) is 0. The fourth-order valence-corrected chi connectivity index (χ4v) is 4.82. The molecule has 0 spiro atoms. The van der Waals surface area contributed by atoms with Crippen LogP contribution in [-0.2, 0) is 21.5 Å². The van der Waals surface area contributed by atoms with E-state index in [0.29, 0.717) is 25.2 Å². The molecular weight excluding hydrogens is 362 g/mol. The van der Waals surface area contributed by atoms with Crippen LogP contribution < -0.4 is 5.32 Å². The van der Waals surface area contributed by atoms with Gasteiger partial charge in [-0.3, -0.25) is 9.59 Å². The average Bonchev–Trinajstić information content (AvgIpc) is 3.16. The minimum Gasteiger partial charge on any atom is -0.364 e. The molecule has 0 aliphatic carbocycles. The molecule has 1 aromatic carbocycles. The number of nitrogens with zero attached hydrogens (tertiary/aromatic N) is 2. The van der Waals surface area contributed by atoms with Crippen molar-refractivity contribution in [2.75, 3.05) is 19.7 Å². The lowest BCUT2D eigenvalue weighted by Crippen LogP contribution is -2.67. The zero-order valence-electron chi connectivity index (χ0n) is 15.3. The fourth-order valence-electron chi connectivity index (χ4n) is 3.94. The molecule has 0 bridgehead atoms. The van der Waals surface area contributed by atoms with Crippen LogP contribution in [0.3, 0.4) is 0 Å². The van der Waals surface area contributed by atoms with Crippen molar-refractivity contribution in [3.63, 3.8) is 0 Å². The van der Waals surface area contributed by atoms with Crippen LogP contribution in [0.2, 0.25) is 0 Å². The minimum atomic E-state index is -0.581. The molecule has 0 radical (unpaired) electrons. The number of thiazole rings is 1. The number of piperidine rings is 1. The van der Waals surface area contributed by atoms with Gasteiger partial charge in [0.25, 0.3) is 5.91 Å². The van der Waals surface area contributed by atoms with Crippen LogP contribution in [0.15, 0.2) is 35.7 Å². The lowest BCUT2D eigenvalue weighted by atomic mass is 9.77. The summed E-state index contributed by atoms with van der Waals surface area (Å²) in [5, 5.41) is 5.99. The summed E-state index contributed by atoms with van der Waals surface area (Å²) in [5.41, 5.74) is 0.951. The monoisotopic (exact) mass is 385 g/mol. The molecule has 0 saturated carbocycles. The van der Waals surface area contributed by atoms with Gasteiger partial charge in [0.05, 0.1) is 10.5 Å². The Morgan fingerprint density at radius 2 is 2.22 bits per heavy atom. The number of fused-ring (bicyclic) bond motifs is 1. The fraction of sp³-hybridized carbons (Fsp3) is 0.450. The van der Waals surface area contributed by atoms with Gasteiger partial charge in [-0.25, -0.2) is 4.98 Å². The standard InChI is InChI=1S/C20H23N3O3S/c1-2-6-18-21-15(13-27-18)19(25)23-10-9-20(14-7-4-3-5-8-14)16(11-23)26-12-17(24)22-20/h3-5,7-8,13,16H,2,6,9-12H2,1H3,(H,22,24)/t16-,20+/m1/s1. The van der Waals surface area contributed by atoms with E-state index in [1.54, 1.807) is 4.90 Å². The first-order valence-corrected chi connectivity index (χ1v) is 10.2. The number of hydrogen-bond donors (Lipinski definition) is 1. The minimum absolute atomic E-state index is 0.0264. The van der Waals surface area contributed by atoms with Crippen LogP contribution >= 0.6 is 11.3 Å². The molecule has 1 N–H and O–H groups in total. The molecule has 2 saturated heterocycles. The Labute approximate surface area is 162 Å². The zero-order chi connectivity index (χ0) is 18.9. The second kappa shape index (κ2) is 7.40. The number of likely N-dealkylation sites (tertiary alicyclic amines) is 1. The molecule has 142 valence electrons. The summed E-state index contributed by atoms with van der Waals surface area (Å²) in [4.78, 5) is 31.3. The molecular formula is C20H23N3O3S. The number of rotatable bonds is 4. The van der Waals surface area contributed by atoms with Gasteiger partial charge in [0.2, 0.25) is 5.91 Å². The van der Waals surface area contributed by atoms with E-state index < -0.39 is 5.54 Å². The molecule has 2 aliphatic rings. The van der Waals surface area contributed by atoms with Crippen molar-refractivity contribution < 1.29 is 14.3 Å². The van der Waals surface area contributed by atoms with E-state index >= 15 is 0 Å². The van der Waals surface area contributed by atoms with E-state index in [4.69, 9.17) is 4.74 Å². The summed E-state index contributed by atoms with van der Waals surface area (Å²) in [6.45, 7) is 3.12. The van der Waals surface area contributed by atoms with Gasteiger partial charge in [0.15, 0.2) is 0 Å². The van der Waals surface area contributed by atoms with Gasteiger partial charge in [-0.15, -0.1) is 11.3 Å². The predicted molar refractivity (Wildman–Crippen MR) is 103 cm³/mol. The van der Waals surface area contributed by atoms with E-state index in [0.717, 1.165) is 23.4 Å². The molecule has 2 fully saturated rings. The van der Waals surface area contributed by atoms with Crippen molar-refractivity contribution >= 4 is 23.2 Å². The molecule has 2 atom stereocenters. The number of carbonyl (C=O) groups excluding carboxylic acids is 2. The number of hydrogen-bond acceptors (Lipinski definition) is 5. The highest BCUT2D eigenvalue weighted by Gasteiger charge is 2.50. The molecule has 7 heteroatoms. The summed E-state index contributed by atoms with van der Waals surface area (Å²) in [6.07, 6.45) is 2.25. The first-order valence-electron chi connectivity index (χ1n) is 9.34.